The van der Waals surface area contributed by atoms with Gasteiger partial charge < -0.3 is 10.2 Å². The SMILES string of the molecule is CCCCCCNC(=O)CCN(CCC(C)C)C(=O)c1cnccn1. The average molecular weight is 348 g/mol. The molecule has 1 N–H and O–H groups in total. The van der Waals surface area contributed by atoms with Crippen molar-refractivity contribution in [3.8, 4) is 0 Å². The first-order valence-corrected chi connectivity index (χ1v) is 9.36. The number of hydrogen-bond donors (Lipinski definition) is 1. The lowest BCUT2D eigenvalue weighted by atomic mass is 10.1. The van der Waals surface area contributed by atoms with Crippen LogP contribution in [0.5, 0.6) is 0 Å². The smallest absolute Gasteiger partial charge is 0.274 e. The van der Waals surface area contributed by atoms with Crippen LogP contribution in [-0.4, -0.2) is 46.3 Å². The predicted octanol–water partition coefficient (Wildman–Crippen LogP) is 3.05. The summed E-state index contributed by atoms with van der Waals surface area (Å²) in [7, 11) is 0. The summed E-state index contributed by atoms with van der Waals surface area (Å²) in [6, 6.07) is 0. The highest BCUT2D eigenvalue weighted by molar-refractivity contribution is 5.92. The third-order valence-electron chi connectivity index (χ3n) is 4.01. The van der Waals surface area contributed by atoms with E-state index in [2.05, 4.69) is 36.1 Å². The lowest BCUT2D eigenvalue weighted by Gasteiger charge is -2.23. The third kappa shape index (κ3) is 9.17. The Labute approximate surface area is 151 Å². The molecule has 0 saturated carbocycles. The molecule has 140 valence electrons. The second kappa shape index (κ2) is 12.4. The van der Waals surface area contributed by atoms with Gasteiger partial charge in [0, 0.05) is 38.4 Å². The zero-order valence-corrected chi connectivity index (χ0v) is 15.8. The Hall–Kier alpha value is -1.98. The Bertz CT molecular complexity index is 505. The van der Waals surface area contributed by atoms with E-state index >= 15 is 0 Å². The molecule has 0 atom stereocenters. The maximum absolute atomic E-state index is 12.6. The summed E-state index contributed by atoms with van der Waals surface area (Å²) in [6.45, 7) is 8.14. The number of nitrogens with one attached hydrogen (secondary N) is 1. The van der Waals surface area contributed by atoms with Gasteiger partial charge in [-0.3, -0.25) is 14.6 Å². The molecule has 0 aliphatic heterocycles. The Kier molecular flexibility index (Phi) is 10.4. The van der Waals surface area contributed by atoms with Gasteiger partial charge in [-0.15, -0.1) is 0 Å². The van der Waals surface area contributed by atoms with Crippen molar-refractivity contribution in [3.63, 3.8) is 0 Å². The summed E-state index contributed by atoms with van der Waals surface area (Å²) in [5, 5.41) is 2.94. The maximum Gasteiger partial charge on any atom is 0.274 e. The molecule has 0 aliphatic rings. The number of unbranched alkanes of at least 4 members (excludes halogenated alkanes) is 3. The van der Waals surface area contributed by atoms with E-state index in [0.717, 1.165) is 19.3 Å². The van der Waals surface area contributed by atoms with Gasteiger partial charge in [0.1, 0.15) is 5.69 Å². The van der Waals surface area contributed by atoms with Crippen LogP contribution in [0.2, 0.25) is 0 Å². The van der Waals surface area contributed by atoms with Crippen LogP contribution in [0.1, 0.15) is 69.8 Å². The predicted molar refractivity (Wildman–Crippen MR) is 99.2 cm³/mol. The number of carbonyl (C=O) groups excluding carboxylic acids is 2. The van der Waals surface area contributed by atoms with Crippen molar-refractivity contribution in [3.05, 3.63) is 24.3 Å². The van der Waals surface area contributed by atoms with Crippen LogP contribution in [0.4, 0.5) is 0 Å². The van der Waals surface area contributed by atoms with Crippen molar-refractivity contribution < 1.29 is 9.59 Å². The molecule has 1 heterocycles. The molecular formula is C19H32N4O2. The second-order valence-corrected chi connectivity index (χ2v) is 6.73. The number of carbonyl (C=O) groups is 2. The van der Waals surface area contributed by atoms with Gasteiger partial charge in [0.2, 0.25) is 5.91 Å². The standard InChI is InChI=1S/C19H32N4O2/c1-4-5-6-7-10-22-18(24)9-14-23(13-8-16(2)3)19(25)17-15-20-11-12-21-17/h11-12,15-16H,4-10,13-14H2,1-3H3,(H,22,24). The number of aromatic nitrogens is 2. The molecular weight excluding hydrogens is 316 g/mol. The highest BCUT2D eigenvalue weighted by Crippen LogP contribution is 2.07. The largest absolute Gasteiger partial charge is 0.356 e. The van der Waals surface area contributed by atoms with Gasteiger partial charge in [0.25, 0.3) is 5.91 Å². The van der Waals surface area contributed by atoms with E-state index in [1.54, 1.807) is 11.1 Å². The molecule has 0 saturated heterocycles. The van der Waals surface area contributed by atoms with E-state index in [1.807, 2.05) is 0 Å². The molecule has 1 rings (SSSR count). The van der Waals surface area contributed by atoms with E-state index in [1.165, 1.54) is 25.2 Å². The van der Waals surface area contributed by atoms with Crippen molar-refractivity contribution in [1.29, 1.82) is 0 Å². The second-order valence-electron chi connectivity index (χ2n) is 6.73. The van der Waals surface area contributed by atoms with Gasteiger partial charge in [-0.05, 0) is 18.8 Å². The van der Waals surface area contributed by atoms with E-state index in [-0.39, 0.29) is 11.8 Å². The fraction of sp³-hybridized carbons (Fsp3) is 0.684. The Balaban J connectivity index is 2.47. The molecule has 0 radical (unpaired) electrons. The van der Waals surface area contributed by atoms with E-state index in [0.29, 0.717) is 37.7 Å². The van der Waals surface area contributed by atoms with E-state index in [9.17, 15) is 9.59 Å². The van der Waals surface area contributed by atoms with Crippen molar-refractivity contribution in [2.45, 2.75) is 59.3 Å². The van der Waals surface area contributed by atoms with Crippen molar-refractivity contribution >= 4 is 11.8 Å². The quantitative estimate of drug-likeness (QED) is 0.589. The maximum atomic E-state index is 12.6. The summed E-state index contributed by atoms with van der Waals surface area (Å²) in [6.07, 6.45) is 10.3. The van der Waals surface area contributed by atoms with Crippen LogP contribution in [0.15, 0.2) is 18.6 Å². The number of amides is 2. The molecule has 1 aromatic heterocycles. The van der Waals surface area contributed by atoms with Gasteiger partial charge >= 0.3 is 0 Å². The summed E-state index contributed by atoms with van der Waals surface area (Å²) >= 11 is 0. The molecule has 0 fully saturated rings. The van der Waals surface area contributed by atoms with Crippen LogP contribution in [0, 0.1) is 5.92 Å². The fourth-order valence-electron chi connectivity index (χ4n) is 2.40. The monoisotopic (exact) mass is 348 g/mol. The first kappa shape index (κ1) is 21.1. The Morgan fingerprint density at radius 2 is 1.96 bits per heavy atom. The Morgan fingerprint density at radius 3 is 2.60 bits per heavy atom. The zero-order valence-electron chi connectivity index (χ0n) is 15.8. The molecule has 0 aliphatic carbocycles. The third-order valence-corrected chi connectivity index (χ3v) is 4.01. The highest BCUT2D eigenvalue weighted by atomic mass is 16.2. The fourth-order valence-corrected chi connectivity index (χ4v) is 2.40. The minimum Gasteiger partial charge on any atom is -0.356 e. The molecule has 2 amide bonds. The topological polar surface area (TPSA) is 75.2 Å². The van der Waals surface area contributed by atoms with E-state index < -0.39 is 0 Å². The zero-order chi connectivity index (χ0) is 18.5. The van der Waals surface area contributed by atoms with E-state index in [4.69, 9.17) is 0 Å². The number of hydrogen-bond acceptors (Lipinski definition) is 4. The van der Waals surface area contributed by atoms with Gasteiger partial charge in [0.05, 0.1) is 6.20 Å². The minimum absolute atomic E-state index is 0.00186. The lowest BCUT2D eigenvalue weighted by Crippen LogP contribution is -2.37. The summed E-state index contributed by atoms with van der Waals surface area (Å²) in [4.78, 5) is 34.3. The number of nitrogens with zero attached hydrogens (tertiary/aromatic N) is 3. The normalized spacial score (nSPS) is 10.7. The van der Waals surface area contributed by atoms with Crippen LogP contribution in [0.3, 0.4) is 0 Å². The van der Waals surface area contributed by atoms with Gasteiger partial charge in [0.15, 0.2) is 0 Å². The van der Waals surface area contributed by atoms with Gasteiger partial charge in [-0.2, -0.15) is 0 Å². The summed E-state index contributed by atoms with van der Waals surface area (Å²) in [5.74, 6) is 0.326. The summed E-state index contributed by atoms with van der Waals surface area (Å²) < 4.78 is 0. The molecule has 6 heteroatoms. The molecule has 0 bridgehead atoms. The lowest BCUT2D eigenvalue weighted by molar-refractivity contribution is -0.121. The molecule has 25 heavy (non-hydrogen) atoms. The number of rotatable bonds is 12. The minimum atomic E-state index is -0.163. The van der Waals surface area contributed by atoms with Crippen molar-refractivity contribution in [2.24, 2.45) is 5.92 Å². The highest BCUT2D eigenvalue weighted by Gasteiger charge is 2.18. The van der Waals surface area contributed by atoms with Gasteiger partial charge in [-0.25, -0.2) is 4.98 Å². The molecule has 1 aromatic rings. The van der Waals surface area contributed by atoms with Crippen LogP contribution in [0.25, 0.3) is 0 Å². The van der Waals surface area contributed by atoms with Crippen LogP contribution in [-0.2, 0) is 4.79 Å². The first-order chi connectivity index (χ1) is 12.0. The Morgan fingerprint density at radius 1 is 1.16 bits per heavy atom. The summed E-state index contributed by atoms with van der Waals surface area (Å²) in [5.41, 5.74) is 0.325. The van der Waals surface area contributed by atoms with Crippen LogP contribution >= 0.6 is 0 Å². The van der Waals surface area contributed by atoms with Crippen molar-refractivity contribution in [2.75, 3.05) is 19.6 Å². The molecule has 6 nitrogen and oxygen atoms in total. The molecule has 0 spiro atoms. The van der Waals surface area contributed by atoms with Crippen LogP contribution < -0.4 is 5.32 Å². The van der Waals surface area contributed by atoms with Gasteiger partial charge in [-0.1, -0.05) is 40.0 Å². The first-order valence-electron chi connectivity index (χ1n) is 9.36. The average Bonchev–Trinajstić information content (AvgIpc) is 2.61. The molecule has 0 aromatic carbocycles. The van der Waals surface area contributed by atoms with Crippen molar-refractivity contribution in [1.82, 2.24) is 20.2 Å². The molecule has 0 unspecified atom stereocenters.